The van der Waals surface area contributed by atoms with Crippen molar-refractivity contribution < 1.29 is 19.2 Å². The first kappa shape index (κ1) is 18.9. The third-order valence-electron chi connectivity index (χ3n) is 4.40. The van der Waals surface area contributed by atoms with Gasteiger partial charge in [0.2, 0.25) is 0 Å². The van der Waals surface area contributed by atoms with Crippen LogP contribution in [0.4, 0.5) is 5.69 Å². The van der Waals surface area contributed by atoms with Crippen molar-refractivity contribution in [1.82, 2.24) is 0 Å². The normalized spacial score (nSPS) is 19.5. The van der Waals surface area contributed by atoms with Gasteiger partial charge in [-0.25, -0.2) is 0 Å². The van der Waals surface area contributed by atoms with Crippen molar-refractivity contribution in [3.8, 4) is 5.75 Å². The maximum absolute atomic E-state index is 11.4. The van der Waals surface area contributed by atoms with Crippen LogP contribution in [0, 0.1) is 0 Å². The van der Waals surface area contributed by atoms with Crippen LogP contribution in [0.1, 0.15) is 40.2 Å². The Hall–Kier alpha value is -1.44. The van der Waals surface area contributed by atoms with E-state index in [-0.39, 0.29) is 10.9 Å². The lowest BCUT2D eigenvalue weighted by Crippen LogP contribution is -2.41. The molecule has 1 heterocycles. The summed E-state index contributed by atoms with van der Waals surface area (Å²) in [5, 5.41) is 9.59. The first-order chi connectivity index (χ1) is 11.0. The lowest BCUT2D eigenvalue weighted by atomic mass is 9.78. The minimum absolute atomic E-state index is 0.0302. The Labute approximate surface area is 147 Å². The molecule has 0 aromatic heterocycles. The van der Waals surface area contributed by atoms with Gasteiger partial charge in [-0.05, 0) is 50.9 Å². The van der Waals surface area contributed by atoms with E-state index in [9.17, 15) is 9.90 Å². The highest BCUT2D eigenvalue weighted by Crippen LogP contribution is 2.39. The highest BCUT2D eigenvalue weighted by Gasteiger charge is 2.52. The molecule has 0 aliphatic carbocycles. The Bertz CT molecular complexity index is 657. The summed E-state index contributed by atoms with van der Waals surface area (Å²) in [5.74, 6) is 0.509. The molecule has 0 radical (unpaired) electrons. The lowest BCUT2D eigenvalue weighted by Gasteiger charge is -2.32. The number of phenols is 1. The molecule has 1 aromatic carbocycles. The van der Waals surface area contributed by atoms with E-state index in [1.165, 1.54) is 18.7 Å². The Morgan fingerprint density at radius 1 is 1.29 bits per heavy atom. The maximum Gasteiger partial charge on any atom is 0.491 e. The second kappa shape index (κ2) is 6.82. The fraction of sp³-hybridized carbons (Fsp3) is 0.471. The maximum atomic E-state index is 11.4. The Morgan fingerprint density at radius 2 is 1.88 bits per heavy atom. The third-order valence-corrected chi connectivity index (χ3v) is 5.29. The van der Waals surface area contributed by atoms with Gasteiger partial charge in [0.05, 0.1) is 16.9 Å². The molecule has 0 atom stereocenters. The third kappa shape index (κ3) is 4.15. The van der Waals surface area contributed by atoms with E-state index >= 15 is 0 Å². The van der Waals surface area contributed by atoms with Gasteiger partial charge in [0.15, 0.2) is 5.12 Å². The summed E-state index contributed by atoms with van der Waals surface area (Å²) in [4.78, 5) is 11.4. The van der Waals surface area contributed by atoms with E-state index in [1.807, 2.05) is 33.8 Å². The van der Waals surface area contributed by atoms with Gasteiger partial charge in [0.1, 0.15) is 5.75 Å². The van der Waals surface area contributed by atoms with Crippen LogP contribution >= 0.6 is 11.8 Å². The quantitative estimate of drug-likeness (QED) is 0.493. The van der Waals surface area contributed by atoms with Gasteiger partial charge in [-0.1, -0.05) is 23.9 Å². The van der Waals surface area contributed by atoms with E-state index in [2.05, 4.69) is 0 Å². The minimum Gasteiger partial charge on any atom is -0.506 e. The van der Waals surface area contributed by atoms with Crippen molar-refractivity contribution in [3.63, 3.8) is 0 Å². The van der Waals surface area contributed by atoms with Gasteiger partial charge >= 0.3 is 7.12 Å². The van der Waals surface area contributed by atoms with Gasteiger partial charge in [0.25, 0.3) is 0 Å². The molecular weight excluding hydrogens is 325 g/mol. The van der Waals surface area contributed by atoms with E-state index in [0.717, 1.165) is 11.0 Å². The number of aromatic hydroxyl groups is 1. The predicted molar refractivity (Wildman–Crippen MR) is 99.7 cm³/mol. The number of nitrogens with two attached hydrogens (primary N) is 1. The predicted octanol–water partition coefficient (Wildman–Crippen LogP) is 3.27. The minimum atomic E-state index is -0.531. The molecule has 1 saturated heterocycles. The number of hydrogen-bond donors (Lipinski definition) is 2. The van der Waals surface area contributed by atoms with Gasteiger partial charge in [0, 0.05) is 12.7 Å². The second-order valence-electron chi connectivity index (χ2n) is 6.91. The molecule has 2 rings (SSSR count). The van der Waals surface area contributed by atoms with Gasteiger partial charge in [-0.15, -0.1) is 0 Å². The average Bonchev–Trinajstić information content (AvgIpc) is 2.67. The van der Waals surface area contributed by atoms with Gasteiger partial charge in [-0.2, -0.15) is 0 Å². The molecule has 130 valence electrons. The second-order valence-corrected chi connectivity index (χ2v) is 8.06. The summed E-state index contributed by atoms with van der Waals surface area (Å²) in [5.41, 5.74) is 6.82. The largest absolute Gasteiger partial charge is 0.506 e. The molecule has 0 saturated carbocycles. The number of anilines is 1. The first-order valence-corrected chi connectivity index (χ1v) is 8.78. The van der Waals surface area contributed by atoms with Gasteiger partial charge < -0.3 is 20.1 Å². The zero-order valence-corrected chi connectivity index (χ0v) is 15.6. The number of carbonyl (C=O) groups is 1. The fourth-order valence-corrected chi connectivity index (χ4v) is 2.82. The summed E-state index contributed by atoms with van der Waals surface area (Å²) in [6.45, 7) is 9.48. The van der Waals surface area contributed by atoms with Crippen molar-refractivity contribution >= 4 is 35.8 Å². The van der Waals surface area contributed by atoms with Crippen molar-refractivity contribution in [3.05, 3.63) is 29.2 Å². The summed E-state index contributed by atoms with van der Waals surface area (Å²) in [6, 6.07) is 4.98. The van der Waals surface area contributed by atoms with E-state index < -0.39 is 18.3 Å². The lowest BCUT2D eigenvalue weighted by molar-refractivity contribution is -0.109. The zero-order chi connectivity index (χ0) is 18.1. The first-order valence-electron chi connectivity index (χ1n) is 7.80. The number of hydrogen-bond acceptors (Lipinski definition) is 6. The van der Waals surface area contributed by atoms with Crippen LogP contribution in [0.5, 0.6) is 5.75 Å². The molecule has 3 N–H and O–H groups in total. The molecule has 5 nitrogen and oxygen atoms in total. The molecule has 0 unspecified atom stereocenters. The standard InChI is InChI=1S/C17H24BNO4S/c1-11(20)24-10-13(8-12-6-7-15(21)14(19)9-12)18-22-16(2,3)17(4,5)23-18/h6-9,21H,10,19H2,1-5H3. The van der Waals surface area contributed by atoms with Crippen LogP contribution in [-0.4, -0.2) is 34.3 Å². The van der Waals surface area contributed by atoms with Crippen LogP contribution < -0.4 is 5.73 Å². The molecular formula is C17H24BNO4S. The monoisotopic (exact) mass is 349 g/mol. The number of nitrogen functional groups attached to an aromatic ring is 1. The highest BCUT2D eigenvalue weighted by atomic mass is 32.2. The number of carbonyl (C=O) groups excluding carboxylic acids is 1. The van der Waals surface area contributed by atoms with Crippen LogP contribution in [0.3, 0.4) is 0 Å². The Balaban J connectivity index is 2.33. The van der Waals surface area contributed by atoms with Crippen LogP contribution in [0.15, 0.2) is 23.7 Å². The highest BCUT2D eigenvalue weighted by molar-refractivity contribution is 8.13. The zero-order valence-electron chi connectivity index (χ0n) is 14.8. The molecule has 0 spiro atoms. The Morgan fingerprint density at radius 3 is 2.38 bits per heavy atom. The van der Waals surface area contributed by atoms with Crippen LogP contribution in [-0.2, 0) is 14.1 Å². The van der Waals surface area contributed by atoms with Crippen LogP contribution in [0.25, 0.3) is 6.08 Å². The molecule has 1 fully saturated rings. The van der Waals surface area contributed by atoms with Gasteiger partial charge in [-0.3, -0.25) is 4.79 Å². The number of thioether (sulfide) groups is 1. The molecule has 1 aliphatic rings. The molecule has 0 bridgehead atoms. The number of rotatable bonds is 4. The molecule has 0 amide bonds. The smallest absolute Gasteiger partial charge is 0.491 e. The molecule has 1 aliphatic heterocycles. The summed E-state index contributed by atoms with van der Waals surface area (Å²) < 4.78 is 12.2. The average molecular weight is 349 g/mol. The fourth-order valence-electron chi connectivity index (χ4n) is 2.23. The Kier molecular flexibility index (Phi) is 5.37. The molecule has 24 heavy (non-hydrogen) atoms. The van der Waals surface area contributed by atoms with E-state index in [4.69, 9.17) is 15.0 Å². The van der Waals surface area contributed by atoms with E-state index in [1.54, 1.807) is 18.2 Å². The van der Waals surface area contributed by atoms with Crippen molar-refractivity contribution in [1.29, 1.82) is 0 Å². The topological polar surface area (TPSA) is 81.8 Å². The number of phenolic OH excluding ortho intramolecular Hbond substituents is 1. The van der Waals surface area contributed by atoms with E-state index in [0.29, 0.717) is 11.4 Å². The summed E-state index contributed by atoms with van der Waals surface area (Å²) in [7, 11) is -0.531. The van der Waals surface area contributed by atoms with Crippen molar-refractivity contribution in [2.45, 2.75) is 45.8 Å². The summed E-state index contributed by atoms with van der Waals surface area (Å²) in [6.07, 6.45) is 1.90. The van der Waals surface area contributed by atoms with Crippen LogP contribution in [0.2, 0.25) is 0 Å². The molecule has 1 aromatic rings. The number of benzene rings is 1. The van der Waals surface area contributed by atoms with Crippen molar-refractivity contribution in [2.24, 2.45) is 0 Å². The van der Waals surface area contributed by atoms with Crippen molar-refractivity contribution in [2.75, 3.05) is 11.5 Å². The molecule has 7 heteroatoms. The summed E-state index contributed by atoms with van der Waals surface area (Å²) >= 11 is 1.21. The SMILES string of the molecule is CC(=O)SCC(=Cc1ccc(O)c(N)c1)B1OC(C)(C)C(C)(C)O1.